The van der Waals surface area contributed by atoms with E-state index in [1.807, 2.05) is 12.1 Å². The van der Waals surface area contributed by atoms with E-state index in [1.165, 1.54) is 12.8 Å². The summed E-state index contributed by atoms with van der Waals surface area (Å²) in [5.74, 6) is 0.980. The summed E-state index contributed by atoms with van der Waals surface area (Å²) in [5, 5.41) is 3.07. The third-order valence-electron chi connectivity index (χ3n) is 4.36. The molecule has 3 nitrogen and oxygen atoms in total. The van der Waals surface area contributed by atoms with Gasteiger partial charge in [-0.2, -0.15) is 0 Å². The first-order valence-electron chi connectivity index (χ1n) is 7.83. The lowest BCUT2D eigenvalue weighted by Gasteiger charge is -2.16. The van der Waals surface area contributed by atoms with Crippen LogP contribution in [-0.2, 0) is 14.9 Å². The van der Waals surface area contributed by atoms with E-state index in [1.54, 1.807) is 0 Å². The number of nitrogens with one attached hydrogen (secondary N) is 1. The molecule has 4 heteroatoms. The van der Waals surface area contributed by atoms with Crippen LogP contribution in [0.4, 0.5) is 0 Å². The molecule has 0 spiro atoms. The van der Waals surface area contributed by atoms with Gasteiger partial charge in [-0.1, -0.05) is 28.1 Å². The van der Waals surface area contributed by atoms with E-state index in [0.29, 0.717) is 6.54 Å². The van der Waals surface area contributed by atoms with Crippen LogP contribution in [0.25, 0.3) is 0 Å². The molecule has 1 N–H and O–H groups in total. The number of hydrogen-bond acceptors (Lipinski definition) is 2. The molecule has 1 amide bonds. The lowest BCUT2D eigenvalue weighted by molar-refractivity contribution is -0.123. The van der Waals surface area contributed by atoms with E-state index in [-0.39, 0.29) is 11.3 Å². The molecule has 2 saturated carbocycles. The Morgan fingerprint density at radius 1 is 1.38 bits per heavy atom. The average molecular weight is 352 g/mol. The van der Waals surface area contributed by atoms with Crippen LogP contribution in [-0.4, -0.2) is 25.7 Å². The quantitative estimate of drug-likeness (QED) is 0.728. The van der Waals surface area contributed by atoms with Crippen LogP contribution in [0, 0.1) is 5.92 Å². The van der Waals surface area contributed by atoms with Gasteiger partial charge >= 0.3 is 0 Å². The van der Waals surface area contributed by atoms with Crippen LogP contribution >= 0.6 is 15.9 Å². The lowest BCUT2D eigenvalue weighted by Crippen LogP contribution is -2.35. The Morgan fingerprint density at radius 2 is 2.19 bits per heavy atom. The maximum absolute atomic E-state index is 12.4. The predicted octanol–water partition coefficient (Wildman–Crippen LogP) is 3.41. The molecule has 0 unspecified atom stereocenters. The second kappa shape index (κ2) is 6.49. The third-order valence-corrected chi connectivity index (χ3v) is 4.86. The third kappa shape index (κ3) is 3.86. The highest BCUT2D eigenvalue weighted by Crippen LogP contribution is 2.48. The zero-order valence-corrected chi connectivity index (χ0v) is 13.8. The molecule has 0 radical (unpaired) electrons. The molecule has 0 atom stereocenters. The Kier molecular flexibility index (Phi) is 4.65. The van der Waals surface area contributed by atoms with Gasteiger partial charge in [-0.05, 0) is 55.7 Å². The minimum atomic E-state index is -0.279. The first-order valence-corrected chi connectivity index (χ1v) is 8.62. The van der Waals surface area contributed by atoms with Gasteiger partial charge in [0.2, 0.25) is 5.91 Å². The zero-order valence-electron chi connectivity index (χ0n) is 12.2. The van der Waals surface area contributed by atoms with Crippen LogP contribution in [0.2, 0.25) is 0 Å². The van der Waals surface area contributed by atoms with Crippen LogP contribution in [0.15, 0.2) is 28.7 Å². The van der Waals surface area contributed by atoms with Crippen molar-refractivity contribution in [1.29, 1.82) is 0 Å². The number of benzene rings is 1. The predicted molar refractivity (Wildman–Crippen MR) is 86.2 cm³/mol. The molecule has 0 heterocycles. The van der Waals surface area contributed by atoms with E-state index >= 15 is 0 Å². The van der Waals surface area contributed by atoms with E-state index in [0.717, 1.165) is 48.4 Å². The van der Waals surface area contributed by atoms with Crippen molar-refractivity contribution in [1.82, 2.24) is 5.32 Å². The standard InChI is InChI=1S/C17H22BrNO2/c18-15-4-1-3-14(11-15)17(7-8-17)16(20)19-9-2-10-21-12-13-5-6-13/h1,3-4,11,13H,2,5-10,12H2,(H,19,20). The number of hydrogen-bond donors (Lipinski definition) is 1. The van der Waals surface area contributed by atoms with Crippen LogP contribution in [0.5, 0.6) is 0 Å². The second-order valence-electron chi connectivity index (χ2n) is 6.22. The topological polar surface area (TPSA) is 38.3 Å². The van der Waals surface area contributed by atoms with Crippen molar-refractivity contribution in [2.24, 2.45) is 5.92 Å². The Hall–Kier alpha value is -0.870. The van der Waals surface area contributed by atoms with Crippen molar-refractivity contribution in [3.63, 3.8) is 0 Å². The van der Waals surface area contributed by atoms with Crippen LogP contribution in [0.3, 0.4) is 0 Å². The minimum absolute atomic E-state index is 0.169. The SMILES string of the molecule is O=C(NCCCOCC1CC1)C1(c2cccc(Br)c2)CC1. The summed E-state index contributed by atoms with van der Waals surface area (Å²) in [5.41, 5.74) is 0.845. The molecule has 0 bridgehead atoms. The van der Waals surface area contributed by atoms with Crippen molar-refractivity contribution in [2.75, 3.05) is 19.8 Å². The van der Waals surface area contributed by atoms with Gasteiger partial charge < -0.3 is 10.1 Å². The fraction of sp³-hybridized carbons (Fsp3) is 0.588. The highest BCUT2D eigenvalue weighted by Gasteiger charge is 2.51. The van der Waals surface area contributed by atoms with Gasteiger partial charge in [-0.25, -0.2) is 0 Å². The summed E-state index contributed by atoms with van der Waals surface area (Å²) < 4.78 is 6.62. The van der Waals surface area contributed by atoms with Gasteiger partial charge in [-0.3, -0.25) is 4.79 Å². The zero-order chi connectivity index (χ0) is 14.7. The summed E-state index contributed by atoms with van der Waals surface area (Å²) in [6.07, 6.45) is 5.45. The maximum Gasteiger partial charge on any atom is 0.230 e. The Labute approximate surface area is 134 Å². The molecule has 1 aromatic carbocycles. The van der Waals surface area contributed by atoms with Crippen LogP contribution in [0.1, 0.15) is 37.7 Å². The summed E-state index contributed by atoms with van der Waals surface area (Å²) in [7, 11) is 0. The number of amides is 1. The first kappa shape index (κ1) is 15.0. The first-order chi connectivity index (χ1) is 10.2. The van der Waals surface area contributed by atoms with Crippen LogP contribution < -0.4 is 5.32 Å². The smallest absolute Gasteiger partial charge is 0.230 e. The number of ether oxygens (including phenoxy) is 1. The number of rotatable bonds is 8. The normalized spacial score (nSPS) is 19.3. The highest BCUT2D eigenvalue weighted by atomic mass is 79.9. The van der Waals surface area contributed by atoms with Crippen molar-refractivity contribution >= 4 is 21.8 Å². The Balaban J connectivity index is 1.42. The summed E-state index contributed by atoms with van der Waals surface area (Å²) in [6.45, 7) is 2.36. The number of carbonyl (C=O) groups excluding carboxylic acids is 1. The van der Waals surface area contributed by atoms with Crippen molar-refractivity contribution in [3.05, 3.63) is 34.3 Å². The molecule has 0 aromatic heterocycles. The number of carbonyl (C=O) groups is 1. The molecular formula is C17H22BrNO2. The van der Waals surface area contributed by atoms with Crippen molar-refractivity contribution in [3.8, 4) is 0 Å². The monoisotopic (exact) mass is 351 g/mol. The Bertz CT molecular complexity index is 509. The van der Waals surface area contributed by atoms with Gasteiger partial charge in [0.05, 0.1) is 5.41 Å². The molecular weight excluding hydrogens is 330 g/mol. The second-order valence-corrected chi connectivity index (χ2v) is 7.14. The molecule has 114 valence electrons. The molecule has 2 aliphatic carbocycles. The van der Waals surface area contributed by atoms with Gasteiger partial charge in [0.1, 0.15) is 0 Å². The fourth-order valence-corrected chi connectivity index (χ4v) is 3.04. The molecule has 2 fully saturated rings. The van der Waals surface area contributed by atoms with E-state index in [9.17, 15) is 4.79 Å². The van der Waals surface area contributed by atoms with Crippen molar-refractivity contribution < 1.29 is 9.53 Å². The summed E-state index contributed by atoms with van der Waals surface area (Å²) in [4.78, 5) is 12.4. The largest absolute Gasteiger partial charge is 0.381 e. The highest BCUT2D eigenvalue weighted by molar-refractivity contribution is 9.10. The van der Waals surface area contributed by atoms with Gasteiger partial charge in [0.25, 0.3) is 0 Å². The van der Waals surface area contributed by atoms with E-state index in [2.05, 4.69) is 33.4 Å². The summed E-state index contributed by atoms with van der Waals surface area (Å²) in [6, 6.07) is 8.11. The average Bonchev–Trinajstić information content (AvgIpc) is 3.37. The van der Waals surface area contributed by atoms with Crippen molar-refractivity contribution in [2.45, 2.75) is 37.5 Å². The molecule has 1 aromatic rings. The molecule has 2 aliphatic rings. The minimum Gasteiger partial charge on any atom is -0.381 e. The van der Waals surface area contributed by atoms with E-state index < -0.39 is 0 Å². The van der Waals surface area contributed by atoms with E-state index in [4.69, 9.17) is 4.74 Å². The van der Waals surface area contributed by atoms with Gasteiger partial charge in [0.15, 0.2) is 0 Å². The molecule has 21 heavy (non-hydrogen) atoms. The maximum atomic E-state index is 12.4. The van der Waals surface area contributed by atoms with Gasteiger partial charge in [0, 0.05) is 24.2 Å². The van der Waals surface area contributed by atoms with Gasteiger partial charge in [-0.15, -0.1) is 0 Å². The summed E-state index contributed by atoms with van der Waals surface area (Å²) >= 11 is 3.48. The lowest BCUT2D eigenvalue weighted by atomic mass is 9.95. The number of halogens is 1. The molecule has 3 rings (SSSR count). The molecule has 0 saturated heterocycles. The molecule has 0 aliphatic heterocycles. The fourth-order valence-electron chi connectivity index (χ4n) is 2.64. The Morgan fingerprint density at radius 3 is 2.86 bits per heavy atom.